The summed E-state index contributed by atoms with van der Waals surface area (Å²) < 4.78 is 16.6. The maximum Gasteiger partial charge on any atom is 0.182 e. The van der Waals surface area contributed by atoms with Crippen molar-refractivity contribution in [1.29, 1.82) is 0 Å². The molecule has 0 saturated heterocycles. The Hall–Kier alpha value is -1.46. The first-order valence-corrected chi connectivity index (χ1v) is 7.87. The van der Waals surface area contributed by atoms with E-state index < -0.39 is 0 Å². The summed E-state index contributed by atoms with van der Waals surface area (Å²) in [6.45, 7) is 4.30. The van der Waals surface area contributed by atoms with Crippen molar-refractivity contribution in [3.8, 4) is 5.69 Å². The van der Waals surface area contributed by atoms with Crippen LogP contribution in [0.4, 0.5) is 4.39 Å². The van der Waals surface area contributed by atoms with Gasteiger partial charge in [-0.15, -0.1) is 0 Å². The van der Waals surface area contributed by atoms with E-state index in [1.165, 1.54) is 11.6 Å². The van der Waals surface area contributed by atoms with E-state index in [1.54, 1.807) is 6.07 Å². The highest BCUT2D eigenvalue weighted by Gasteiger charge is 2.10. The molecule has 0 bridgehead atoms. The highest BCUT2D eigenvalue weighted by molar-refractivity contribution is 9.10. The van der Waals surface area contributed by atoms with Gasteiger partial charge in [0.05, 0.1) is 15.5 Å². The Balaban J connectivity index is 2.22. The third-order valence-corrected chi connectivity index (χ3v) is 4.43. The second-order valence-electron chi connectivity index (χ2n) is 5.30. The molecule has 0 unspecified atom stereocenters. The second kappa shape index (κ2) is 5.39. The zero-order valence-electron chi connectivity index (χ0n) is 11.7. The van der Waals surface area contributed by atoms with Crippen molar-refractivity contribution in [2.24, 2.45) is 0 Å². The standard InChI is InChI=1S/C16H14BrFN2S/c1-9(2)10-3-5-11(6-4-10)20-15-8-13(18)12(17)7-14(15)19-16(20)21/h3-9H,1-2H3,(H,19,21). The third-order valence-electron chi connectivity index (χ3n) is 3.54. The van der Waals surface area contributed by atoms with Crippen LogP contribution in [-0.4, -0.2) is 9.55 Å². The molecule has 3 aromatic rings. The lowest BCUT2D eigenvalue weighted by Gasteiger charge is -2.08. The normalized spacial score (nSPS) is 11.5. The lowest BCUT2D eigenvalue weighted by molar-refractivity contribution is 0.622. The lowest BCUT2D eigenvalue weighted by atomic mass is 10.0. The van der Waals surface area contributed by atoms with Crippen molar-refractivity contribution in [3.63, 3.8) is 0 Å². The number of hydrogen-bond acceptors (Lipinski definition) is 1. The largest absolute Gasteiger partial charge is 0.330 e. The fourth-order valence-electron chi connectivity index (χ4n) is 2.37. The quantitative estimate of drug-likeness (QED) is 0.577. The monoisotopic (exact) mass is 364 g/mol. The zero-order chi connectivity index (χ0) is 15.1. The number of halogens is 2. The molecular formula is C16H14BrFN2S. The molecule has 21 heavy (non-hydrogen) atoms. The van der Waals surface area contributed by atoms with Crippen molar-refractivity contribution in [1.82, 2.24) is 9.55 Å². The van der Waals surface area contributed by atoms with Gasteiger partial charge in [-0.3, -0.25) is 4.57 Å². The van der Waals surface area contributed by atoms with Gasteiger partial charge in [0.25, 0.3) is 0 Å². The molecular weight excluding hydrogens is 351 g/mol. The Kier molecular flexibility index (Phi) is 3.71. The van der Waals surface area contributed by atoms with Crippen LogP contribution in [-0.2, 0) is 0 Å². The molecule has 2 nitrogen and oxygen atoms in total. The molecule has 108 valence electrons. The van der Waals surface area contributed by atoms with Crippen molar-refractivity contribution in [3.05, 3.63) is 57.0 Å². The molecule has 5 heteroatoms. The van der Waals surface area contributed by atoms with Crippen LogP contribution in [0.3, 0.4) is 0 Å². The molecule has 0 aliphatic heterocycles. The van der Waals surface area contributed by atoms with Crippen molar-refractivity contribution in [2.75, 3.05) is 0 Å². The highest BCUT2D eigenvalue weighted by Crippen LogP contribution is 2.26. The first kappa shape index (κ1) is 14.5. The van der Waals surface area contributed by atoms with Gasteiger partial charge in [0.1, 0.15) is 5.82 Å². The summed E-state index contributed by atoms with van der Waals surface area (Å²) in [5, 5.41) is 0. The predicted molar refractivity (Wildman–Crippen MR) is 90.2 cm³/mol. The summed E-state index contributed by atoms with van der Waals surface area (Å²) in [5.41, 5.74) is 3.73. The van der Waals surface area contributed by atoms with Gasteiger partial charge in [-0.2, -0.15) is 0 Å². The molecule has 3 rings (SSSR count). The molecule has 1 N–H and O–H groups in total. The summed E-state index contributed by atoms with van der Waals surface area (Å²) in [4.78, 5) is 3.11. The van der Waals surface area contributed by atoms with E-state index in [0.717, 1.165) is 16.7 Å². The van der Waals surface area contributed by atoms with E-state index in [9.17, 15) is 4.39 Å². The maximum absolute atomic E-state index is 13.8. The summed E-state index contributed by atoms with van der Waals surface area (Å²) >= 11 is 8.57. The van der Waals surface area contributed by atoms with Crippen LogP contribution in [0.5, 0.6) is 0 Å². The first-order chi connectivity index (χ1) is 9.97. The minimum absolute atomic E-state index is 0.302. The van der Waals surface area contributed by atoms with Crippen LogP contribution in [0.25, 0.3) is 16.7 Å². The number of hydrogen-bond donors (Lipinski definition) is 1. The van der Waals surface area contributed by atoms with Crippen molar-refractivity contribution >= 4 is 39.2 Å². The number of rotatable bonds is 2. The van der Waals surface area contributed by atoms with E-state index in [-0.39, 0.29) is 5.82 Å². The number of fused-ring (bicyclic) bond motifs is 1. The molecule has 1 aromatic heterocycles. The summed E-state index contributed by atoms with van der Waals surface area (Å²) in [6.07, 6.45) is 0. The number of benzene rings is 2. The topological polar surface area (TPSA) is 20.7 Å². The molecule has 2 aromatic carbocycles. The van der Waals surface area contributed by atoms with E-state index >= 15 is 0 Å². The Labute approximate surface area is 135 Å². The molecule has 0 fully saturated rings. The van der Waals surface area contributed by atoms with Gasteiger partial charge in [0.2, 0.25) is 0 Å². The fourth-order valence-corrected chi connectivity index (χ4v) is 3.02. The molecule has 0 amide bonds. The molecule has 0 spiro atoms. The van der Waals surface area contributed by atoms with Crippen LogP contribution >= 0.6 is 28.1 Å². The molecule has 0 aliphatic rings. The highest BCUT2D eigenvalue weighted by atomic mass is 79.9. The van der Waals surface area contributed by atoms with Crippen LogP contribution in [0.15, 0.2) is 40.9 Å². The van der Waals surface area contributed by atoms with Crippen molar-refractivity contribution < 1.29 is 4.39 Å². The number of aromatic amines is 1. The maximum atomic E-state index is 13.8. The summed E-state index contributed by atoms with van der Waals surface area (Å²) in [5.74, 6) is 0.174. The average molecular weight is 365 g/mol. The number of H-pyrrole nitrogens is 1. The smallest absolute Gasteiger partial charge is 0.182 e. The number of nitrogens with one attached hydrogen (secondary N) is 1. The van der Waals surface area contributed by atoms with Crippen LogP contribution in [0, 0.1) is 10.6 Å². The third kappa shape index (κ3) is 2.56. The van der Waals surface area contributed by atoms with Gasteiger partial charge < -0.3 is 4.98 Å². The predicted octanol–water partition coefficient (Wildman–Crippen LogP) is 5.71. The van der Waals surface area contributed by atoms with Gasteiger partial charge in [-0.05, 0) is 57.8 Å². The second-order valence-corrected chi connectivity index (χ2v) is 6.54. The average Bonchev–Trinajstić information content (AvgIpc) is 2.75. The zero-order valence-corrected chi connectivity index (χ0v) is 14.1. The van der Waals surface area contributed by atoms with Crippen LogP contribution < -0.4 is 0 Å². The Morgan fingerprint density at radius 1 is 1.19 bits per heavy atom. The number of aromatic nitrogens is 2. The lowest BCUT2D eigenvalue weighted by Crippen LogP contribution is -1.95. The Morgan fingerprint density at radius 3 is 2.48 bits per heavy atom. The molecule has 1 heterocycles. The minimum atomic E-state index is -0.302. The van der Waals surface area contributed by atoms with E-state index in [4.69, 9.17) is 12.2 Å². The molecule has 0 atom stereocenters. The van der Waals surface area contributed by atoms with Gasteiger partial charge in [-0.1, -0.05) is 26.0 Å². The first-order valence-electron chi connectivity index (χ1n) is 6.67. The minimum Gasteiger partial charge on any atom is -0.330 e. The van der Waals surface area contributed by atoms with E-state index in [2.05, 4.69) is 46.9 Å². The summed E-state index contributed by atoms with van der Waals surface area (Å²) in [6, 6.07) is 11.4. The number of imidazole rings is 1. The van der Waals surface area contributed by atoms with Crippen molar-refractivity contribution in [2.45, 2.75) is 19.8 Å². The fraction of sp³-hybridized carbons (Fsp3) is 0.188. The molecule has 0 aliphatic carbocycles. The van der Waals surface area contributed by atoms with Gasteiger partial charge in [-0.25, -0.2) is 4.39 Å². The molecule has 0 saturated carbocycles. The van der Waals surface area contributed by atoms with Gasteiger partial charge in [0.15, 0.2) is 4.77 Å². The van der Waals surface area contributed by atoms with Gasteiger partial charge in [0, 0.05) is 11.8 Å². The summed E-state index contributed by atoms with van der Waals surface area (Å²) in [7, 11) is 0. The van der Waals surface area contributed by atoms with E-state index in [0.29, 0.717) is 15.2 Å². The Bertz CT molecular complexity index is 862. The van der Waals surface area contributed by atoms with Crippen LogP contribution in [0.2, 0.25) is 0 Å². The van der Waals surface area contributed by atoms with Gasteiger partial charge >= 0.3 is 0 Å². The van der Waals surface area contributed by atoms with Crippen LogP contribution in [0.1, 0.15) is 25.3 Å². The van der Waals surface area contributed by atoms with E-state index in [1.807, 2.05) is 16.7 Å². The SMILES string of the molecule is CC(C)c1ccc(-n2c(=S)[nH]c3cc(Br)c(F)cc32)cc1. The Morgan fingerprint density at radius 2 is 1.86 bits per heavy atom. The number of nitrogens with zero attached hydrogens (tertiary/aromatic N) is 1. The molecule has 0 radical (unpaired) electrons.